The fourth-order valence-corrected chi connectivity index (χ4v) is 2.25. The van der Waals surface area contributed by atoms with Gasteiger partial charge in [-0.05, 0) is 45.3 Å². The molecule has 8 heteroatoms. The van der Waals surface area contributed by atoms with Crippen molar-refractivity contribution in [3.8, 4) is 0 Å². The molecule has 4 N–H and O–H groups in total. The van der Waals surface area contributed by atoms with Gasteiger partial charge in [0.2, 0.25) is 0 Å². The molecule has 1 aliphatic rings. The number of hydrogen-bond acceptors (Lipinski definition) is 4. The van der Waals surface area contributed by atoms with Crippen molar-refractivity contribution < 1.29 is 24.6 Å². The lowest BCUT2D eigenvalue weighted by molar-refractivity contribution is -0.140. The van der Waals surface area contributed by atoms with Crippen LogP contribution in [-0.4, -0.2) is 65.3 Å². The molecule has 0 aliphatic carbocycles. The number of amides is 2. The number of carboxylic acids is 2. The van der Waals surface area contributed by atoms with Crippen molar-refractivity contribution in [3.05, 3.63) is 0 Å². The Morgan fingerprint density at radius 1 is 1.14 bits per heavy atom. The van der Waals surface area contributed by atoms with Crippen molar-refractivity contribution in [2.45, 2.75) is 38.1 Å². The Morgan fingerprint density at radius 2 is 1.81 bits per heavy atom. The molecule has 0 saturated carbocycles. The summed E-state index contributed by atoms with van der Waals surface area (Å²) in [6, 6.07) is -1.76. The van der Waals surface area contributed by atoms with E-state index >= 15 is 0 Å². The third kappa shape index (κ3) is 7.50. The molecule has 21 heavy (non-hydrogen) atoms. The molecule has 0 radical (unpaired) electrons. The minimum atomic E-state index is -1.23. The van der Waals surface area contributed by atoms with E-state index in [2.05, 4.69) is 15.5 Å². The van der Waals surface area contributed by atoms with Crippen molar-refractivity contribution >= 4 is 18.0 Å². The summed E-state index contributed by atoms with van der Waals surface area (Å²) in [7, 11) is 0. The molecule has 0 spiro atoms. The number of carbonyl (C=O) groups is 3. The van der Waals surface area contributed by atoms with E-state index in [0.29, 0.717) is 6.54 Å². The second-order valence-electron chi connectivity index (χ2n) is 5.13. The van der Waals surface area contributed by atoms with Gasteiger partial charge in [-0.1, -0.05) is 0 Å². The molecule has 0 aromatic carbocycles. The second-order valence-corrected chi connectivity index (χ2v) is 5.13. The molecular formula is C13H23N3O5. The van der Waals surface area contributed by atoms with Crippen molar-refractivity contribution in [1.82, 2.24) is 15.5 Å². The molecule has 1 fully saturated rings. The molecule has 1 heterocycles. The summed E-state index contributed by atoms with van der Waals surface area (Å²) in [4.78, 5) is 35.2. The number of nitrogens with zero attached hydrogens (tertiary/aromatic N) is 1. The first-order chi connectivity index (χ1) is 9.99. The van der Waals surface area contributed by atoms with Crippen LogP contribution in [-0.2, 0) is 9.59 Å². The summed E-state index contributed by atoms with van der Waals surface area (Å²) < 4.78 is 0. The Kier molecular flexibility index (Phi) is 7.52. The first kappa shape index (κ1) is 17.2. The summed E-state index contributed by atoms with van der Waals surface area (Å²) in [6.07, 6.45) is 2.81. The van der Waals surface area contributed by atoms with E-state index in [4.69, 9.17) is 10.2 Å². The van der Waals surface area contributed by atoms with Crippen molar-refractivity contribution in [3.63, 3.8) is 0 Å². The average molecular weight is 301 g/mol. The Morgan fingerprint density at radius 3 is 2.38 bits per heavy atom. The maximum atomic E-state index is 11.6. The third-order valence-corrected chi connectivity index (χ3v) is 3.39. The van der Waals surface area contributed by atoms with Crippen LogP contribution in [0.5, 0.6) is 0 Å². The molecule has 1 saturated heterocycles. The van der Waals surface area contributed by atoms with Gasteiger partial charge in [0.05, 0.1) is 0 Å². The first-order valence-corrected chi connectivity index (χ1v) is 7.20. The van der Waals surface area contributed by atoms with Gasteiger partial charge in [0.15, 0.2) is 0 Å². The molecule has 1 aliphatic heterocycles. The molecule has 8 nitrogen and oxygen atoms in total. The molecule has 1 atom stereocenters. The van der Waals surface area contributed by atoms with Gasteiger partial charge in [-0.15, -0.1) is 0 Å². The Balaban J connectivity index is 2.16. The number of carboxylic acid groups (broad SMARTS) is 2. The number of aliphatic carboxylic acids is 2. The van der Waals surface area contributed by atoms with Crippen LogP contribution in [0, 0.1) is 0 Å². The number of rotatable bonds is 9. The topological polar surface area (TPSA) is 119 Å². The lowest BCUT2D eigenvalue weighted by Crippen LogP contribution is -2.46. The quantitative estimate of drug-likeness (QED) is 0.448. The summed E-state index contributed by atoms with van der Waals surface area (Å²) >= 11 is 0. The molecule has 0 unspecified atom stereocenters. The zero-order chi connectivity index (χ0) is 15.7. The van der Waals surface area contributed by atoms with E-state index in [9.17, 15) is 14.4 Å². The van der Waals surface area contributed by atoms with E-state index in [1.807, 2.05) is 0 Å². The molecule has 0 bridgehead atoms. The van der Waals surface area contributed by atoms with E-state index in [1.54, 1.807) is 0 Å². The van der Waals surface area contributed by atoms with Gasteiger partial charge in [0.25, 0.3) is 0 Å². The maximum Gasteiger partial charge on any atom is 0.326 e. The van der Waals surface area contributed by atoms with Crippen molar-refractivity contribution in [2.75, 3.05) is 26.2 Å². The van der Waals surface area contributed by atoms with E-state index in [0.717, 1.165) is 26.1 Å². The predicted octanol–water partition coefficient (Wildman–Crippen LogP) is 0.0895. The van der Waals surface area contributed by atoms with Gasteiger partial charge >= 0.3 is 18.0 Å². The van der Waals surface area contributed by atoms with Crippen LogP contribution < -0.4 is 10.6 Å². The molecule has 120 valence electrons. The molecule has 2 amide bonds. The van der Waals surface area contributed by atoms with Crippen LogP contribution >= 0.6 is 0 Å². The smallest absolute Gasteiger partial charge is 0.326 e. The van der Waals surface area contributed by atoms with E-state index in [1.165, 1.54) is 12.8 Å². The van der Waals surface area contributed by atoms with Gasteiger partial charge in [0.1, 0.15) is 6.04 Å². The van der Waals surface area contributed by atoms with Crippen LogP contribution in [0.1, 0.15) is 32.1 Å². The monoisotopic (exact) mass is 301 g/mol. The lowest BCUT2D eigenvalue weighted by atomic mass is 10.1. The fraction of sp³-hybridized carbons (Fsp3) is 0.769. The normalized spacial score (nSPS) is 16.4. The van der Waals surface area contributed by atoms with Crippen LogP contribution in [0.3, 0.4) is 0 Å². The predicted molar refractivity (Wildman–Crippen MR) is 75.1 cm³/mol. The molecular weight excluding hydrogens is 278 g/mol. The highest BCUT2D eigenvalue weighted by atomic mass is 16.4. The highest BCUT2D eigenvalue weighted by molar-refractivity contribution is 5.82. The van der Waals surface area contributed by atoms with Gasteiger partial charge in [0, 0.05) is 13.0 Å². The molecule has 0 aromatic heterocycles. The number of urea groups is 1. The van der Waals surface area contributed by atoms with Crippen LogP contribution in [0.2, 0.25) is 0 Å². The van der Waals surface area contributed by atoms with Gasteiger partial charge < -0.3 is 25.7 Å². The van der Waals surface area contributed by atoms with Gasteiger partial charge in [-0.3, -0.25) is 4.79 Å². The minimum Gasteiger partial charge on any atom is -0.481 e. The molecule has 1 rings (SSSR count). The minimum absolute atomic E-state index is 0.133. The van der Waals surface area contributed by atoms with Gasteiger partial charge in [-0.2, -0.15) is 0 Å². The third-order valence-electron chi connectivity index (χ3n) is 3.39. The SMILES string of the molecule is O=C(O)CC[C@H](NC(=O)NCCCN1CCCC1)C(=O)O. The van der Waals surface area contributed by atoms with Crippen molar-refractivity contribution in [2.24, 2.45) is 0 Å². The van der Waals surface area contributed by atoms with Crippen molar-refractivity contribution in [1.29, 1.82) is 0 Å². The van der Waals surface area contributed by atoms with Crippen LogP contribution in [0.15, 0.2) is 0 Å². The van der Waals surface area contributed by atoms with E-state index in [-0.39, 0.29) is 12.8 Å². The standard InChI is InChI=1S/C13H23N3O5/c17-11(18)5-4-10(12(19)20)15-13(21)14-6-3-9-16-7-1-2-8-16/h10H,1-9H2,(H,17,18)(H,19,20)(H2,14,15,21)/t10-/m0/s1. The Bertz CT molecular complexity index is 369. The summed E-state index contributed by atoms with van der Waals surface area (Å²) in [5, 5.41) is 22.3. The Hall–Kier alpha value is -1.83. The highest BCUT2D eigenvalue weighted by Crippen LogP contribution is 2.06. The summed E-state index contributed by atoms with van der Waals surface area (Å²) in [5.74, 6) is -2.32. The Labute approximate surface area is 123 Å². The van der Waals surface area contributed by atoms with E-state index < -0.39 is 24.0 Å². The zero-order valence-corrected chi connectivity index (χ0v) is 12.0. The first-order valence-electron chi connectivity index (χ1n) is 7.20. The fourth-order valence-electron chi connectivity index (χ4n) is 2.25. The zero-order valence-electron chi connectivity index (χ0n) is 12.0. The second kappa shape index (κ2) is 9.17. The number of nitrogens with one attached hydrogen (secondary N) is 2. The number of hydrogen-bond donors (Lipinski definition) is 4. The van der Waals surface area contributed by atoms with Crippen LogP contribution in [0.4, 0.5) is 4.79 Å². The molecule has 0 aromatic rings. The maximum absolute atomic E-state index is 11.6. The largest absolute Gasteiger partial charge is 0.481 e. The van der Waals surface area contributed by atoms with Crippen LogP contribution in [0.25, 0.3) is 0 Å². The summed E-state index contributed by atoms with van der Waals surface area (Å²) in [6.45, 7) is 3.58. The number of carbonyl (C=O) groups excluding carboxylic acids is 1. The van der Waals surface area contributed by atoms with Gasteiger partial charge in [-0.25, -0.2) is 9.59 Å². The average Bonchev–Trinajstić information content (AvgIpc) is 2.92. The number of likely N-dealkylation sites (tertiary alicyclic amines) is 1. The summed E-state index contributed by atoms with van der Waals surface area (Å²) in [5.41, 5.74) is 0. The highest BCUT2D eigenvalue weighted by Gasteiger charge is 2.20. The lowest BCUT2D eigenvalue weighted by Gasteiger charge is -2.16.